The zero-order valence-electron chi connectivity index (χ0n) is 13.3. The van der Waals surface area contributed by atoms with Crippen LogP contribution in [-0.4, -0.2) is 50.0 Å². The van der Waals surface area contributed by atoms with Crippen molar-refractivity contribution in [3.8, 4) is 5.75 Å². The molecule has 2 unspecified atom stereocenters. The minimum absolute atomic E-state index is 0.0749. The van der Waals surface area contributed by atoms with Crippen LogP contribution in [0.2, 0.25) is 0 Å². The lowest BCUT2D eigenvalue weighted by Crippen LogP contribution is -2.48. The largest absolute Gasteiger partial charge is 0.492 e. The second-order valence-electron chi connectivity index (χ2n) is 6.62. The highest BCUT2D eigenvalue weighted by Gasteiger charge is 2.36. The van der Waals surface area contributed by atoms with Crippen molar-refractivity contribution in [2.45, 2.75) is 25.6 Å². The van der Waals surface area contributed by atoms with E-state index >= 15 is 0 Å². The maximum Gasteiger partial charge on any atom is 0.229 e. The highest BCUT2D eigenvalue weighted by molar-refractivity contribution is 5.80. The summed E-state index contributed by atoms with van der Waals surface area (Å²) >= 11 is 0. The molecule has 0 bridgehead atoms. The average Bonchev–Trinajstić information content (AvgIpc) is 3.15. The molecule has 0 aromatic heterocycles. The van der Waals surface area contributed by atoms with Crippen LogP contribution in [0.25, 0.3) is 0 Å². The lowest BCUT2D eigenvalue weighted by atomic mass is 9.92. The Morgan fingerprint density at radius 2 is 2.00 bits per heavy atom. The predicted molar refractivity (Wildman–Crippen MR) is 84.1 cm³/mol. The molecule has 124 valence electrons. The Balaban J connectivity index is 1.40. The first-order valence-electron chi connectivity index (χ1n) is 8.54. The molecule has 0 spiro atoms. The lowest BCUT2D eigenvalue weighted by Gasteiger charge is -2.37. The van der Waals surface area contributed by atoms with Crippen LogP contribution in [0.3, 0.4) is 0 Å². The fraction of sp³-hybridized carbons (Fsp3) is 0.611. The molecule has 0 radical (unpaired) electrons. The van der Waals surface area contributed by atoms with Gasteiger partial charge in [-0.2, -0.15) is 0 Å². The number of amides is 1. The van der Waals surface area contributed by atoms with Crippen molar-refractivity contribution < 1.29 is 19.0 Å². The summed E-state index contributed by atoms with van der Waals surface area (Å²) < 4.78 is 17.0. The zero-order chi connectivity index (χ0) is 15.6. The molecule has 0 N–H and O–H groups in total. The number of ether oxygens (including phenoxy) is 3. The molecule has 0 saturated carbocycles. The SMILES string of the molecule is O=C(C1COc2ccccc2C1)N1CCCC(C2OCCO2)C1. The van der Waals surface area contributed by atoms with Crippen LogP contribution in [0.1, 0.15) is 18.4 Å². The molecule has 1 aromatic rings. The van der Waals surface area contributed by atoms with E-state index < -0.39 is 0 Å². The Bertz CT molecular complexity index is 570. The number of hydrogen-bond acceptors (Lipinski definition) is 4. The number of benzene rings is 1. The number of piperidine rings is 1. The lowest BCUT2D eigenvalue weighted by molar-refractivity contribution is -0.144. The molecule has 3 heterocycles. The van der Waals surface area contributed by atoms with Crippen LogP contribution >= 0.6 is 0 Å². The molecule has 2 atom stereocenters. The predicted octanol–water partition coefficient (Wildman–Crippen LogP) is 1.85. The van der Waals surface area contributed by atoms with Gasteiger partial charge in [-0.05, 0) is 30.9 Å². The second kappa shape index (κ2) is 6.49. The fourth-order valence-electron chi connectivity index (χ4n) is 3.83. The van der Waals surface area contributed by atoms with E-state index in [0.29, 0.717) is 25.7 Å². The van der Waals surface area contributed by atoms with Gasteiger partial charge in [-0.3, -0.25) is 4.79 Å². The van der Waals surface area contributed by atoms with Gasteiger partial charge in [0.1, 0.15) is 12.4 Å². The van der Waals surface area contributed by atoms with Gasteiger partial charge in [0, 0.05) is 19.0 Å². The monoisotopic (exact) mass is 317 g/mol. The van der Waals surface area contributed by atoms with E-state index in [4.69, 9.17) is 14.2 Å². The maximum absolute atomic E-state index is 12.9. The van der Waals surface area contributed by atoms with Crippen LogP contribution in [0.5, 0.6) is 5.75 Å². The summed E-state index contributed by atoms with van der Waals surface area (Å²) in [6, 6.07) is 7.99. The Morgan fingerprint density at radius 1 is 1.17 bits per heavy atom. The summed E-state index contributed by atoms with van der Waals surface area (Å²) in [4.78, 5) is 14.9. The molecule has 1 aromatic carbocycles. The fourth-order valence-corrected chi connectivity index (χ4v) is 3.83. The molecule has 2 fully saturated rings. The smallest absolute Gasteiger partial charge is 0.229 e. The highest BCUT2D eigenvalue weighted by atomic mass is 16.7. The van der Waals surface area contributed by atoms with Crippen molar-refractivity contribution in [2.24, 2.45) is 11.8 Å². The van der Waals surface area contributed by atoms with E-state index in [1.54, 1.807) is 0 Å². The first-order chi connectivity index (χ1) is 11.3. The highest BCUT2D eigenvalue weighted by Crippen LogP contribution is 2.30. The zero-order valence-corrected chi connectivity index (χ0v) is 13.3. The van der Waals surface area contributed by atoms with Crippen molar-refractivity contribution in [2.75, 3.05) is 32.9 Å². The van der Waals surface area contributed by atoms with E-state index in [2.05, 4.69) is 0 Å². The van der Waals surface area contributed by atoms with E-state index in [1.807, 2.05) is 29.2 Å². The Morgan fingerprint density at radius 3 is 2.87 bits per heavy atom. The van der Waals surface area contributed by atoms with Gasteiger partial charge in [0.2, 0.25) is 5.91 Å². The van der Waals surface area contributed by atoms with Gasteiger partial charge in [-0.15, -0.1) is 0 Å². The van der Waals surface area contributed by atoms with Crippen molar-refractivity contribution in [3.05, 3.63) is 29.8 Å². The number of carbonyl (C=O) groups is 1. The molecule has 23 heavy (non-hydrogen) atoms. The van der Waals surface area contributed by atoms with Crippen LogP contribution in [0.4, 0.5) is 0 Å². The van der Waals surface area contributed by atoms with Gasteiger partial charge in [0.15, 0.2) is 6.29 Å². The summed E-state index contributed by atoms with van der Waals surface area (Å²) in [5.41, 5.74) is 1.13. The number of fused-ring (bicyclic) bond motifs is 1. The van der Waals surface area contributed by atoms with Crippen LogP contribution in [0.15, 0.2) is 24.3 Å². The summed E-state index contributed by atoms with van der Waals surface area (Å²) in [5, 5.41) is 0. The molecule has 3 aliphatic rings. The first-order valence-corrected chi connectivity index (χ1v) is 8.54. The van der Waals surface area contributed by atoms with Crippen LogP contribution in [-0.2, 0) is 20.7 Å². The number of nitrogens with zero attached hydrogens (tertiary/aromatic N) is 1. The Kier molecular flexibility index (Phi) is 4.23. The number of rotatable bonds is 2. The molecule has 0 aliphatic carbocycles. The van der Waals surface area contributed by atoms with Gasteiger partial charge in [-0.25, -0.2) is 0 Å². The van der Waals surface area contributed by atoms with Crippen molar-refractivity contribution in [3.63, 3.8) is 0 Å². The van der Waals surface area contributed by atoms with Gasteiger partial charge < -0.3 is 19.1 Å². The van der Waals surface area contributed by atoms with Gasteiger partial charge in [0.25, 0.3) is 0 Å². The number of carbonyl (C=O) groups excluding carboxylic acids is 1. The summed E-state index contributed by atoms with van der Waals surface area (Å²) in [5.74, 6) is 1.35. The standard InChI is InChI=1S/C18H23NO4/c20-17(15-10-13-4-1-2-6-16(13)23-12-15)19-7-3-5-14(11-19)18-21-8-9-22-18/h1-2,4,6,14-15,18H,3,5,7-12H2. The first kappa shape index (κ1) is 15.0. The molecule has 3 aliphatic heterocycles. The average molecular weight is 317 g/mol. The number of para-hydroxylation sites is 1. The van der Waals surface area contributed by atoms with Crippen molar-refractivity contribution in [1.82, 2.24) is 4.90 Å². The Labute approximate surface area is 136 Å². The van der Waals surface area contributed by atoms with Crippen molar-refractivity contribution in [1.29, 1.82) is 0 Å². The molecular formula is C18H23NO4. The molecule has 5 heteroatoms. The van der Waals surface area contributed by atoms with Crippen LogP contribution < -0.4 is 4.74 Å². The normalized spacial score (nSPS) is 28.3. The second-order valence-corrected chi connectivity index (χ2v) is 6.62. The topological polar surface area (TPSA) is 48.0 Å². The third-order valence-corrected chi connectivity index (χ3v) is 5.03. The molecule has 4 rings (SSSR count). The summed E-state index contributed by atoms with van der Waals surface area (Å²) in [7, 11) is 0. The summed E-state index contributed by atoms with van der Waals surface area (Å²) in [6.07, 6.45) is 2.73. The third kappa shape index (κ3) is 3.08. The summed E-state index contributed by atoms with van der Waals surface area (Å²) in [6.45, 7) is 3.39. The number of likely N-dealkylation sites (tertiary alicyclic amines) is 1. The maximum atomic E-state index is 12.9. The van der Waals surface area contributed by atoms with Gasteiger partial charge >= 0.3 is 0 Å². The quantitative estimate of drug-likeness (QED) is 0.835. The molecule has 5 nitrogen and oxygen atoms in total. The minimum atomic E-state index is -0.131. The number of hydrogen-bond donors (Lipinski definition) is 0. The van der Waals surface area contributed by atoms with E-state index in [9.17, 15) is 4.79 Å². The Hall–Kier alpha value is -1.59. The molecule has 2 saturated heterocycles. The molecular weight excluding hydrogens is 294 g/mol. The minimum Gasteiger partial charge on any atom is -0.492 e. The molecule has 1 amide bonds. The van der Waals surface area contributed by atoms with Gasteiger partial charge in [-0.1, -0.05) is 18.2 Å². The van der Waals surface area contributed by atoms with Crippen LogP contribution in [0, 0.1) is 11.8 Å². The van der Waals surface area contributed by atoms with E-state index in [-0.39, 0.29) is 18.1 Å². The van der Waals surface area contributed by atoms with Crippen molar-refractivity contribution >= 4 is 5.91 Å². The van der Waals surface area contributed by atoms with E-state index in [0.717, 1.165) is 43.7 Å². The van der Waals surface area contributed by atoms with Gasteiger partial charge in [0.05, 0.1) is 19.1 Å². The third-order valence-electron chi connectivity index (χ3n) is 5.03. The van der Waals surface area contributed by atoms with E-state index in [1.165, 1.54) is 0 Å².